The summed E-state index contributed by atoms with van der Waals surface area (Å²) in [7, 11) is 3.41. The zero-order chi connectivity index (χ0) is 17.1. The van der Waals surface area contributed by atoms with Gasteiger partial charge in [0.1, 0.15) is 6.61 Å². The molecular formula is C16H28N4O2S. The van der Waals surface area contributed by atoms with E-state index in [0.29, 0.717) is 25.6 Å². The standard InChI is InChI=1S/C16H28N4O2S/c1-16(2,23-5)12-20-15(17-3)19-11-13-7-6-8-18-14(13)22-10-9-21-4/h6-8H,9-12H2,1-5H3,(H2,17,19,20). The molecule has 0 atom stereocenters. The third-order valence-electron chi connectivity index (χ3n) is 3.28. The predicted molar refractivity (Wildman–Crippen MR) is 97.4 cm³/mol. The molecule has 0 aliphatic heterocycles. The molecule has 1 heterocycles. The monoisotopic (exact) mass is 340 g/mol. The van der Waals surface area contributed by atoms with Gasteiger partial charge in [-0.25, -0.2) is 4.98 Å². The Balaban J connectivity index is 2.55. The van der Waals surface area contributed by atoms with E-state index >= 15 is 0 Å². The lowest BCUT2D eigenvalue weighted by molar-refractivity contribution is 0.143. The Bertz CT molecular complexity index is 495. The molecule has 0 aliphatic carbocycles. The second-order valence-electron chi connectivity index (χ2n) is 5.55. The van der Waals surface area contributed by atoms with Crippen LogP contribution in [0.2, 0.25) is 0 Å². The quantitative estimate of drug-likeness (QED) is 0.407. The molecule has 2 N–H and O–H groups in total. The Morgan fingerprint density at radius 1 is 1.35 bits per heavy atom. The summed E-state index contributed by atoms with van der Waals surface area (Å²) in [6, 6.07) is 3.88. The van der Waals surface area contributed by atoms with Gasteiger partial charge in [-0.15, -0.1) is 0 Å². The maximum Gasteiger partial charge on any atom is 0.218 e. The van der Waals surface area contributed by atoms with Gasteiger partial charge in [0.05, 0.1) is 6.61 Å². The molecule has 0 saturated heterocycles. The van der Waals surface area contributed by atoms with Crippen LogP contribution in [0.25, 0.3) is 0 Å². The third-order valence-corrected chi connectivity index (χ3v) is 4.53. The molecule has 1 aromatic rings. The van der Waals surface area contributed by atoms with Gasteiger partial charge in [-0.1, -0.05) is 6.07 Å². The molecule has 0 aromatic carbocycles. The molecule has 0 saturated carbocycles. The second-order valence-corrected chi connectivity index (χ2v) is 7.07. The Morgan fingerprint density at radius 3 is 2.78 bits per heavy atom. The molecular weight excluding hydrogens is 312 g/mol. The minimum Gasteiger partial charge on any atom is -0.475 e. The van der Waals surface area contributed by atoms with Crippen molar-refractivity contribution < 1.29 is 9.47 Å². The average Bonchev–Trinajstić information content (AvgIpc) is 2.56. The highest BCUT2D eigenvalue weighted by Gasteiger charge is 2.16. The van der Waals surface area contributed by atoms with Gasteiger partial charge < -0.3 is 20.1 Å². The van der Waals surface area contributed by atoms with E-state index < -0.39 is 0 Å². The number of methoxy groups -OCH3 is 1. The number of aromatic nitrogens is 1. The summed E-state index contributed by atoms with van der Waals surface area (Å²) < 4.78 is 10.8. The zero-order valence-corrected chi connectivity index (χ0v) is 15.5. The molecule has 7 heteroatoms. The first kappa shape index (κ1) is 19.6. The van der Waals surface area contributed by atoms with Crippen LogP contribution in [0.4, 0.5) is 0 Å². The Morgan fingerprint density at radius 2 is 2.13 bits per heavy atom. The lowest BCUT2D eigenvalue weighted by atomic mass is 10.2. The number of thioether (sulfide) groups is 1. The first-order chi connectivity index (χ1) is 11.0. The summed E-state index contributed by atoms with van der Waals surface area (Å²) in [4.78, 5) is 8.52. The van der Waals surface area contributed by atoms with E-state index in [1.165, 1.54) is 0 Å². The molecule has 0 aliphatic rings. The van der Waals surface area contributed by atoms with Crippen molar-refractivity contribution in [2.24, 2.45) is 4.99 Å². The maximum absolute atomic E-state index is 5.64. The van der Waals surface area contributed by atoms with Crippen molar-refractivity contribution in [2.45, 2.75) is 25.1 Å². The van der Waals surface area contributed by atoms with E-state index in [0.717, 1.165) is 18.1 Å². The van der Waals surface area contributed by atoms with Crippen molar-refractivity contribution in [3.05, 3.63) is 23.9 Å². The highest BCUT2D eigenvalue weighted by Crippen LogP contribution is 2.19. The highest BCUT2D eigenvalue weighted by atomic mass is 32.2. The van der Waals surface area contributed by atoms with Gasteiger partial charge in [-0.3, -0.25) is 4.99 Å². The number of hydrogen-bond donors (Lipinski definition) is 2. The van der Waals surface area contributed by atoms with E-state index in [4.69, 9.17) is 9.47 Å². The average molecular weight is 340 g/mol. The van der Waals surface area contributed by atoms with Crippen LogP contribution in [0, 0.1) is 0 Å². The van der Waals surface area contributed by atoms with Gasteiger partial charge in [0.2, 0.25) is 5.88 Å². The lowest BCUT2D eigenvalue weighted by Crippen LogP contribution is -2.43. The number of guanidine groups is 1. The highest BCUT2D eigenvalue weighted by molar-refractivity contribution is 7.99. The summed E-state index contributed by atoms with van der Waals surface area (Å²) in [5, 5.41) is 6.63. The first-order valence-electron chi connectivity index (χ1n) is 7.57. The molecule has 6 nitrogen and oxygen atoms in total. The number of aliphatic imine (C=N–C) groups is 1. The van der Waals surface area contributed by atoms with Gasteiger partial charge >= 0.3 is 0 Å². The van der Waals surface area contributed by atoms with E-state index in [2.05, 4.69) is 40.7 Å². The van der Waals surface area contributed by atoms with Gasteiger partial charge in [0.25, 0.3) is 0 Å². The van der Waals surface area contributed by atoms with Crippen LogP contribution in [-0.2, 0) is 11.3 Å². The van der Waals surface area contributed by atoms with Crippen molar-refractivity contribution >= 4 is 17.7 Å². The molecule has 130 valence electrons. The van der Waals surface area contributed by atoms with Crippen molar-refractivity contribution in [3.8, 4) is 5.88 Å². The SMILES string of the molecule is CN=C(NCc1cccnc1OCCOC)NCC(C)(C)SC. The van der Waals surface area contributed by atoms with Crippen molar-refractivity contribution in [3.63, 3.8) is 0 Å². The Hall–Kier alpha value is -1.47. The van der Waals surface area contributed by atoms with Crippen LogP contribution in [0.3, 0.4) is 0 Å². The normalized spacial score (nSPS) is 12.1. The van der Waals surface area contributed by atoms with Crippen LogP contribution in [-0.4, -0.2) is 55.9 Å². The van der Waals surface area contributed by atoms with Gasteiger partial charge in [-0.05, 0) is 26.2 Å². The number of nitrogens with zero attached hydrogens (tertiary/aromatic N) is 2. The molecule has 1 rings (SSSR count). The van der Waals surface area contributed by atoms with E-state index in [1.54, 1.807) is 20.4 Å². The molecule has 0 unspecified atom stereocenters. The Labute approximate surface area is 143 Å². The van der Waals surface area contributed by atoms with E-state index in [-0.39, 0.29) is 4.75 Å². The lowest BCUT2D eigenvalue weighted by Gasteiger charge is -2.23. The van der Waals surface area contributed by atoms with Crippen LogP contribution >= 0.6 is 11.8 Å². The van der Waals surface area contributed by atoms with Crippen LogP contribution in [0.5, 0.6) is 5.88 Å². The van der Waals surface area contributed by atoms with Crippen molar-refractivity contribution in [1.82, 2.24) is 15.6 Å². The van der Waals surface area contributed by atoms with Crippen molar-refractivity contribution in [1.29, 1.82) is 0 Å². The zero-order valence-electron chi connectivity index (χ0n) is 14.7. The topological polar surface area (TPSA) is 67.8 Å². The van der Waals surface area contributed by atoms with Gasteiger partial charge in [0.15, 0.2) is 5.96 Å². The number of ether oxygens (including phenoxy) is 2. The molecule has 0 amide bonds. The van der Waals surface area contributed by atoms with Crippen LogP contribution < -0.4 is 15.4 Å². The first-order valence-corrected chi connectivity index (χ1v) is 8.80. The van der Waals surface area contributed by atoms with Crippen LogP contribution in [0.1, 0.15) is 19.4 Å². The summed E-state index contributed by atoms with van der Waals surface area (Å²) in [5.41, 5.74) is 0.982. The fraction of sp³-hybridized carbons (Fsp3) is 0.625. The molecule has 0 radical (unpaired) electrons. The van der Waals surface area contributed by atoms with Gasteiger partial charge in [-0.2, -0.15) is 11.8 Å². The summed E-state index contributed by atoms with van der Waals surface area (Å²) in [5.74, 6) is 1.38. The fourth-order valence-corrected chi connectivity index (χ4v) is 1.90. The third kappa shape index (κ3) is 7.56. The van der Waals surface area contributed by atoms with Crippen LogP contribution in [0.15, 0.2) is 23.3 Å². The molecule has 0 fully saturated rings. The summed E-state index contributed by atoms with van der Waals surface area (Å²) in [6.07, 6.45) is 3.83. The minimum absolute atomic E-state index is 0.153. The summed E-state index contributed by atoms with van der Waals surface area (Å²) in [6.45, 7) is 6.83. The van der Waals surface area contributed by atoms with E-state index in [9.17, 15) is 0 Å². The molecule has 0 bridgehead atoms. The van der Waals surface area contributed by atoms with Gasteiger partial charge in [0, 0.05) is 43.8 Å². The molecule has 0 spiro atoms. The molecule has 23 heavy (non-hydrogen) atoms. The number of rotatable bonds is 9. The largest absolute Gasteiger partial charge is 0.475 e. The number of nitrogens with one attached hydrogen (secondary N) is 2. The predicted octanol–water partition coefficient (Wildman–Crippen LogP) is 1.91. The smallest absolute Gasteiger partial charge is 0.218 e. The maximum atomic E-state index is 5.64. The fourth-order valence-electron chi connectivity index (χ4n) is 1.68. The van der Waals surface area contributed by atoms with E-state index in [1.807, 2.05) is 23.9 Å². The minimum atomic E-state index is 0.153. The summed E-state index contributed by atoms with van der Waals surface area (Å²) >= 11 is 1.82. The molecule has 1 aromatic heterocycles. The Kier molecular flexibility index (Phi) is 8.79. The number of pyridine rings is 1. The second kappa shape index (κ2) is 10.3. The van der Waals surface area contributed by atoms with Crippen molar-refractivity contribution in [2.75, 3.05) is 40.2 Å². The number of hydrogen-bond acceptors (Lipinski definition) is 5.